The third kappa shape index (κ3) is 3.13. The lowest BCUT2D eigenvalue weighted by atomic mass is 10.0. The van der Waals surface area contributed by atoms with Gasteiger partial charge in [0.25, 0.3) is 5.91 Å². The highest BCUT2D eigenvalue weighted by Crippen LogP contribution is 2.12. The van der Waals surface area contributed by atoms with E-state index in [1.807, 2.05) is 0 Å². The number of nitrogens with one attached hydrogen (secondary N) is 1. The highest BCUT2D eigenvalue weighted by molar-refractivity contribution is 5.99. The summed E-state index contributed by atoms with van der Waals surface area (Å²) >= 11 is 0. The van der Waals surface area contributed by atoms with Crippen LogP contribution in [0.2, 0.25) is 0 Å². The lowest BCUT2D eigenvalue weighted by Crippen LogP contribution is -2.53. The number of hydrogen-bond acceptors (Lipinski definition) is 4. The first kappa shape index (κ1) is 13.8. The van der Waals surface area contributed by atoms with Crippen molar-refractivity contribution in [1.82, 2.24) is 5.32 Å². The lowest BCUT2D eigenvalue weighted by Gasteiger charge is -2.24. The summed E-state index contributed by atoms with van der Waals surface area (Å²) in [5, 5.41) is 14.2. The molecule has 0 aliphatic heterocycles. The van der Waals surface area contributed by atoms with Gasteiger partial charge in [0.05, 0.1) is 12.6 Å². The monoisotopic (exact) mass is 251 g/mol. The van der Waals surface area contributed by atoms with Gasteiger partial charge in [0.2, 0.25) is 0 Å². The Labute approximate surface area is 105 Å². The maximum absolute atomic E-state index is 11.9. The van der Waals surface area contributed by atoms with Crippen molar-refractivity contribution < 1.29 is 14.7 Å². The molecular weight excluding hydrogens is 234 g/mol. The van der Waals surface area contributed by atoms with Crippen molar-refractivity contribution in [2.75, 3.05) is 7.11 Å². The zero-order valence-corrected chi connectivity index (χ0v) is 10.6. The van der Waals surface area contributed by atoms with Gasteiger partial charge in [0.15, 0.2) is 5.84 Å². The molecule has 4 N–H and O–H groups in total. The second-order valence-electron chi connectivity index (χ2n) is 4.29. The van der Waals surface area contributed by atoms with E-state index in [2.05, 4.69) is 10.5 Å². The van der Waals surface area contributed by atoms with E-state index in [-0.39, 0.29) is 11.7 Å². The van der Waals surface area contributed by atoms with Crippen LogP contribution in [0.5, 0.6) is 5.75 Å². The molecule has 0 saturated heterocycles. The Kier molecular flexibility index (Phi) is 4.14. The molecule has 6 heteroatoms. The first-order valence-corrected chi connectivity index (χ1v) is 5.35. The summed E-state index contributed by atoms with van der Waals surface area (Å²) < 4.78 is 5.00. The van der Waals surface area contributed by atoms with Crippen molar-refractivity contribution in [3.63, 3.8) is 0 Å². The van der Waals surface area contributed by atoms with E-state index < -0.39 is 5.54 Å². The Bertz CT molecular complexity index is 452. The van der Waals surface area contributed by atoms with Crippen LogP contribution >= 0.6 is 0 Å². The van der Waals surface area contributed by atoms with Crippen molar-refractivity contribution in [3.8, 4) is 5.75 Å². The number of ether oxygens (including phenoxy) is 1. The van der Waals surface area contributed by atoms with E-state index in [1.54, 1.807) is 45.2 Å². The van der Waals surface area contributed by atoms with Gasteiger partial charge in [0.1, 0.15) is 5.75 Å². The molecule has 1 amide bonds. The Morgan fingerprint density at radius 2 is 1.94 bits per heavy atom. The van der Waals surface area contributed by atoms with Crippen molar-refractivity contribution in [3.05, 3.63) is 29.8 Å². The van der Waals surface area contributed by atoms with Crippen LogP contribution in [0.3, 0.4) is 0 Å². The van der Waals surface area contributed by atoms with Crippen molar-refractivity contribution in [2.45, 2.75) is 19.4 Å². The van der Waals surface area contributed by atoms with E-state index in [4.69, 9.17) is 15.7 Å². The molecule has 0 radical (unpaired) electrons. The highest BCUT2D eigenvalue weighted by atomic mass is 16.5. The summed E-state index contributed by atoms with van der Waals surface area (Å²) in [4.78, 5) is 11.9. The molecule has 6 nitrogen and oxygen atoms in total. The van der Waals surface area contributed by atoms with Crippen LogP contribution in [-0.2, 0) is 0 Å². The fraction of sp³-hybridized carbons (Fsp3) is 0.333. The molecule has 0 aromatic heterocycles. The number of rotatable bonds is 4. The Hall–Kier alpha value is -2.24. The number of amides is 1. The number of methoxy groups -OCH3 is 1. The van der Waals surface area contributed by atoms with Crippen molar-refractivity contribution in [1.29, 1.82) is 0 Å². The summed E-state index contributed by atoms with van der Waals surface area (Å²) in [5.74, 6) is 0.292. The van der Waals surface area contributed by atoms with Gasteiger partial charge in [-0.3, -0.25) is 4.79 Å². The fourth-order valence-electron chi connectivity index (χ4n) is 1.29. The molecule has 1 aromatic rings. The summed E-state index contributed by atoms with van der Waals surface area (Å²) in [6.07, 6.45) is 0. The standard InChI is InChI=1S/C12H17N3O3/c1-12(2,11(13)15-17)14-10(16)8-4-6-9(18-3)7-5-8/h4-7,17H,1-3H3,(H2,13,15)(H,14,16). The predicted molar refractivity (Wildman–Crippen MR) is 67.9 cm³/mol. The number of carbonyl (C=O) groups is 1. The average Bonchev–Trinajstić information content (AvgIpc) is 2.37. The zero-order valence-electron chi connectivity index (χ0n) is 10.6. The highest BCUT2D eigenvalue weighted by Gasteiger charge is 2.26. The first-order chi connectivity index (χ1) is 8.40. The van der Waals surface area contributed by atoms with Crippen LogP contribution < -0.4 is 15.8 Å². The van der Waals surface area contributed by atoms with Crippen LogP contribution in [0.25, 0.3) is 0 Å². The van der Waals surface area contributed by atoms with Gasteiger partial charge in [-0.05, 0) is 38.1 Å². The fourth-order valence-corrected chi connectivity index (χ4v) is 1.29. The van der Waals surface area contributed by atoms with E-state index in [0.717, 1.165) is 0 Å². The van der Waals surface area contributed by atoms with E-state index in [0.29, 0.717) is 11.3 Å². The largest absolute Gasteiger partial charge is 0.497 e. The Morgan fingerprint density at radius 3 is 2.39 bits per heavy atom. The number of amidine groups is 1. The topological polar surface area (TPSA) is 96.9 Å². The summed E-state index contributed by atoms with van der Waals surface area (Å²) in [7, 11) is 1.55. The molecular formula is C12H17N3O3. The van der Waals surface area contributed by atoms with Gasteiger partial charge in [-0.15, -0.1) is 0 Å². The minimum Gasteiger partial charge on any atom is -0.497 e. The summed E-state index contributed by atoms with van der Waals surface area (Å²) in [6.45, 7) is 3.28. The van der Waals surface area contributed by atoms with Crippen LogP contribution in [0.15, 0.2) is 29.4 Å². The van der Waals surface area contributed by atoms with E-state index >= 15 is 0 Å². The van der Waals surface area contributed by atoms with Gasteiger partial charge < -0.3 is 21.0 Å². The normalized spacial score (nSPS) is 12.1. The van der Waals surface area contributed by atoms with Crippen LogP contribution in [-0.4, -0.2) is 29.6 Å². The molecule has 0 aliphatic carbocycles. The molecule has 98 valence electrons. The number of benzene rings is 1. The quantitative estimate of drug-likeness (QED) is 0.321. The minimum atomic E-state index is -0.925. The number of nitrogens with zero attached hydrogens (tertiary/aromatic N) is 1. The average molecular weight is 251 g/mol. The zero-order chi connectivity index (χ0) is 13.8. The molecule has 0 spiro atoms. The van der Waals surface area contributed by atoms with Crippen LogP contribution in [0, 0.1) is 0 Å². The molecule has 1 aromatic carbocycles. The molecule has 0 unspecified atom stereocenters. The SMILES string of the molecule is COc1ccc(C(=O)NC(C)(C)/C(N)=N/O)cc1. The summed E-state index contributed by atoms with van der Waals surface area (Å²) in [5.41, 5.74) is 5.03. The second kappa shape index (κ2) is 5.39. The molecule has 0 aliphatic rings. The van der Waals surface area contributed by atoms with Gasteiger partial charge >= 0.3 is 0 Å². The van der Waals surface area contributed by atoms with Gasteiger partial charge in [-0.1, -0.05) is 5.16 Å². The predicted octanol–water partition coefficient (Wildman–Crippen LogP) is 0.950. The Morgan fingerprint density at radius 1 is 1.39 bits per heavy atom. The van der Waals surface area contributed by atoms with Gasteiger partial charge in [-0.25, -0.2) is 0 Å². The molecule has 0 bridgehead atoms. The number of carbonyl (C=O) groups excluding carboxylic acids is 1. The lowest BCUT2D eigenvalue weighted by molar-refractivity contribution is 0.0931. The molecule has 0 fully saturated rings. The molecule has 0 heterocycles. The Balaban J connectivity index is 2.82. The number of oxime groups is 1. The second-order valence-corrected chi connectivity index (χ2v) is 4.29. The van der Waals surface area contributed by atoms with Crippen molar-refractivity contribution in [2.24, 2.45) is 10.9 Å². The molecule has 18 heavy (non-hydrogen) atoms. The maximum Gasteiger partial charge on any atom is 0.252 e. The van der Waals surface area contributed by atoms with Gasteiger partial charge in [0, 0.05) is 5.56 Å². The molecule has 0 saturated carbocycles. The minimum absolute atomic E-state index is 0.0654. The third-order valence-corrected chi connectivity index (χ3v) is 2.53. The molecule has 1 rings (SSSR count). The van der Waals surface area contributed by atoms with Gasteiger partial charge in [-0.2, -0.15) is 0 Å². The van der Waals surface area contributed by atoms with Crippen LogP contribution in [0.4, 0.5) is 0 Å². The van der Waals surface area contributed by atoms with Crippen LogP contribution in [0.1, 0.15) is 24.2 Å². The maximum atomic E-state index is 11.9. The van der Waals surface area contributed by atoms with E-state index in [1.165, 1.54) is 0 Å². The van der Waals surface area contributed by atoms with E-state index in [9.17, 15) is 4.79 Å². The van der Waals surface area contributed by atoms with Crippen molar-refractivity contribution >= 4 is 11.7 Å². The number of nitrogens with two attached hydrogens (primary N) is 1. The third-order valence-electron chi connectivity index (χ3n) is 2.53. The smallest absolute Gasteiger partial charge is 0.252 e. The number of hydrogen-bond donors (Lipinski definition) is 3. The first-order valence-electron chi connectivity index (χ1n) is 5.35. The molecule has 0 atom stereocenters. The summed E-state index contributed by atoms with van der Waals surface area (Å²) in [6, 6.07) is 6.64.